The molecule has 23 heavy (non-hydrogen) atoms. The van der Waals surface area contributed by atoms with Gasteiger partial charge in [-0.05, 0) is 43.3 Å². The molecule has 116 valence electrons. The molecular weight excluding hydrogens is 314 g/mol. The number of aromatic nitrogens is 2. The van der Waals surface area contributed by atoms with Crippen LogP contribution in [0.15, 0.2) is 53.5 Å². The van der Waals surface area contributed by atoms with E-state index in [2.05, 4.69) is 10.3 Å². The van der Waals surface area contributed by atoms with Crippen LogP contribution in [-0.4, -0.2) is 15.5 Å². The summed E-state index contributed by atoms with van der Waals surface area (Å²) < 4.78 is 1.49. The predicted octanol–water partition coefficient (Wildman–Crippen LogP) is 3.32. The van der Waals surface area contributed by atoms with Crippen LogP contribution in [0.5, 0.6) is 0 Å². The molecular formula is C17H14ClN3O2. The number of nitrogens with one attached hydrogen (secondary N) is 1. The van der Waals surface area contributed by atoms with Gasteiger partial charge >= 0.3 is 0 Å². The molecule has 0 unspecified atom stereocenters. The molecule has 1 aromatic carbocycles. The minimum Gasteiger partial charge on any atom is -0.322 e. The topological polar surface area (TPSA) is 64.0 Å². The van der Waals surface area contributed by atoms with Gasteiger partial charge < -0.3 is 5.32 Å². The lowest BCUT2D eigenvalue weighted by atomic mass is 10.2. The molecule has 0 spiro atoms. The highest BCUT2D eigenvalue weighted by Gasteiger charge is 2.15. The van der Waals surface area contributed by atoms with Crippen molar-refractivity contribution in [3.05, 3.63) is 69.6 Å². The van der Waals surface area contributed by atoms with Crippen LogP contribution in [0.25, 0.3) is 11.0 Å². The normalized spacial score (nSPS) is 10.7. The second-order valence-corrected chi connectivity index (χ2v) is 5.42. The van der Waals surface area contributed by atoms with Crippen LogP contribution in [0.4, 0.5) is 5.69 Å². The number of rotatable bonds is 3. The van der Waals surface area contributed by atoms with Crippen molar-refractivity contribution in [1.82, 2.24) is 9.55 Å². The monoisotopic (exact) mass is 327 g/mol. The van der Waals surface area contributed by atoms with E-state index in [4.69, 9.17) is 11.6 Å². The van der Waals surface area contributed by atoms with Gasteiger partial charge in [0.15, 0.2) is 0 Å². The van der Waals surface area contributed by atoms with Crippen LogP contribution >= 0.6 is 11.6 Å². The Morgan fingerprint density at radius 3 is 2.83 bits per heavy atom. The third-order valence-electron chi connectivity index (χ3n) is 3.49. The Morgan fingerprint density at radius 1 is 1.26 bits per heavy atom. The number of amides is 1. The highest BCUT2D eigenvalue weighted by molar-refractivity contribution is 6.31. The summed E-state index contributed by atoms with van der Waals surface area (Å²) in [4.78, 5) is 29.2. The van der Waals surface area contributed by atoms with Crippen molar-refractivity contribution in [3.63, 3.8) is 0 Å². The van der Waals surface area contributed by atoms with Crippen LogP contribution in [0.3, 0.4) is 0 Å². The van der Waals surface area contributed by atoms with Crippen molar-refractivity contribution in [1.29, 1.82) is 0 Å². The molecule has 0 aliphatic carbocycles. The van der Waals surface area contributed by atoms with E-state index in [1.54, 1.807) is 42.6 Å². The third kappa shape index (κ3) is 2.96. The first kappa shape index (κ1) is 15.2. The van der Waals surface area contributed by atoms with Crippen LogP contribution in [0.2, 0.25) is 5.02 Å². The summed E-state index contributed by atoms with van der Waals surface area (Å²) in [6.07, 6.45) is 1.62. The van der Waals surface area contributed by atoms with Gasteiger partial charge in [0.2, 0.25) is 0 Å². The van der Waals surface area contributed by atoms with Gasteiger partial charge in [-0.2, -0.15) is 0 Å². The number of benzene rings is 1. The van der Waals surface area contributed by atoms with Crippen LogP contribution < -0.4 is 10.9 Å². The van der Waals surface area contributed by atoms with Gasteiger partial charge in [0.05, 0.1) is 0 Å². The van der Waals surface area contributed by atoms with Crippen molar-refractivity contribution in [3.8, 4) is 0 Å². The van der Waals surface area contributed by atoms with Gasteiger partial charge in [-0.1, -0.05) is 17.7 Å². The molecule has 2 heterocycles. The minimum absolute atomic E-state index is 0.0762. The van der Waals surface area contributed by atoms with Gasteiger partial charge in [-0.15, -0.1) is 0 Å². The van der Waals surface area contributed by atoms with Crippen LogP contribution in [-0.2, 0) is 6.54 Å². The third-order valence-corrected chi connectivity index (χ3v) is 3.73. The van der Waals surface area contributed by atoms with Crippen LogP contribution in [0.1, 0.15) is 17.3 Å². The summed E-state index contributed by atoms with van der Waals surface area (Å²) in [6, 6.07) is 11.9. The number of carbonyl (C=O) groups excluding carboxylic acids is 1. The predicted molar refractivity (Wildman–Crippen MR) is 91.1 cm³/mol. The molecule has 3 rings (SSSR count). The van der Waals surface area contributed by atoms with E-state index in [1.165, 1.54) is 4.57 Å². The Hall–Kier alpha value is -2.66. The second-order valence-electron chi connectivity index (χ2n) is 4.99. The highest BCUT2D eigenvalue weighted by Crippen LogP contribution is 2.16. The SMILES string of the molecule is CCn1c(=O)c(C(=O)Nc2cccc(Cl)c2)cc2cccnc21. The maximum absolute atomic E-state index is 12.5. The molecule has 0 saturated heterocycles. The largest absolute Gasteiger partial charge is 0.322 e. The van der Waals surface area contributed by atoms with E-state index >= 15 is 0 Å². The maximum atomic E-state index is 12.5. The molecule has 3 aromatic rings. The number of halogens is 1. The standard InChI is InChI=1S/C17H14ClN3O2/c1-2-21-15-11(5-4-8-19-15)9-14(17(21)23)16(22)20-13-7-3-6-12(18)10-13/h3-10H,2H2,1H3,(H,20,22). The zero-order valence-corrected chi connectivity index (χ0v) is 13.2. The first-order chi connectivity index (χ1) is 11.1. The van der Waals surface area contributed by atoms with Gasteiger partial charge in [-0.3, -0.25) is 14.2 Å². The lowest BCUT2D eigenvalue weighted by molar-refractivity contribution is 0.102. The number of nitrogens with zero attached hydrogens (tertiary/aromatic N) is 2. The van der Waals surface area contributed by atoms with Crippen molar-refractivity contribution in [2.24, 2.45) is 0 Å². The molecule has 0 radical (unpaired) electrons. The maximum Gasteiger partial charge on any atom is 0.265 e. The molecule has 1 N–H and O–H groups in total. The molecule has 1 amide bonds. The lowest BCUT2D eigenvalue weighted by Crippen LogP contribution is -2.29. The number of fused-ring (bicyclic) bond motifs is 1. The fraction of sp³-hybridized carbons (Fsp3) is 0.118. The van der Waals surface area contributed by atoms with E-state index in [0.29, 0.717) is 22.9 Å². The summed E-state index contributed by atoms with van der Waals surface area (Å²) in [7, 11) is 0. The Bertz CT molecular complexity index is 950. The highest BCUT2D eigenvalue weighted by atomic mass is 35.5. The molecule has 0 saturated carbocycles. The number of aryl methyl sites for hydroxylation is 1. The molecule has 2 aromatic heterocycles. The number of pyridine rings is 2. The Morgan fingerprint density at radius 2 is 2.09 bits per heavy atom. The molecule has 0 atom stereocenters. The Kier molecular flexibility index (Phi) is 4.12. The zero-order valence-electron chi connectivity index (χ0n) is 12.4. The average molecular weight is 328 g/mol. The van der Waals surface area contributed by atoms with E-state index in [1.807, 2.05) is 13.0 Å². The molecule has 6 heteroatoms. The molecule has 0 aliphatic rings. The van der Waals surface area contributed by atoms with E-state index in [-0.39, 0.29) is 11.1 Å². The summed E-state index contributed by atoms with van der Waals surface area (Å²) in [5, 5.41) is 3.95. The minimum atomic E-state index is -0.467. The van der Waals surface area contributed by atoms with E-state index in [0.717, 1.165) is 5.39 Å². The number of carbonyl (C=O) groups is 1. The number of hydrogen-bond acceptors (Lipinski definition) is 3. The van der Waals surface area contributed by atoms with Crippen molar-refractivity contribution >= 4 is 34.2 Å². The Labute approximate surface area is 137 Å². The van der Waals surface area contributed by atoms with Crippen molar-refractivity contribution < 1.29 is 4.79 Å². The summed E-state index contributed by atoms with van der Waals surface area (Å²) in [6.45, 7) is 2.28. The average Bonchev–Trinajstić information content (AvgIpc) is 2.54. The van der Waals surface area contributed by atoms with Crippen LogP contribution in [0, 0.1) is 0 Å². The smallest absolute Gasteiger partial charge is 0.265 e. The second kappa shape index (κ2) is 6.22. The van der Waals surface area contributed by atoms with Gasteiger partial charge in [0, 0.05) is 28.8 Å². The van der Waals surface area contributed by atoms with Gasteiger partial charge in [0.25, 0.3) is 11.5 Å². The van der Waals surface area contributed by atoms with Gasteiger partial charge in [-0.25, -0.2) is 4.98 Å². The van der Waals surface area contributed by atoms with E-state index < -0.39 is 5.91 Å². The van der Waals surface area contributed by atoms with Crippen molar-refractivity contribution in [2.45, 2.75) is 13.5 Å². The van der Waals surface area contributed by atoms with Crippen molar-refractivity contribution in [2.75, 3.05) is 5.32 Å². The first-order valence-electron chi connectivity index (χ1n) is 7.15. The van der Waals surface area contributed by atoms with E-state index in [9.17, 15) is 9.59 Å². The quantitative estimate of drug-likeness (QED) is 0.802. The number of hydrogen-bond donors (Lipinski definition) is 1. The summed E-state index contributed by atoms with van der Waals surface area (Å²) >= 11 is 5.91. The fourth-order valence-corrected chi connectivity index (χ4v) is 2.62. The van der Waals surface area contributed by atoms with Gasteiger partial charge in [0.1, 0.15) is 11.2 Å². The molecule has 0 fully saturated rings. The number of anilines is 1. The zero-order chi connectivity index (χ0) is 16.4. The fourth-order valence-electron chi connectivity index (χ4n) is 2.43. The molecule has 0 aliphatic heterocycles. The molecule has 5 nitrogen and oxygen atoms in total. The first-order valence-corrected chi connectivity index (χ1v) is 7.53. The Balaban J connectivity index is 2.07. The summed E-state index contributed by atoms with van der Waals surface area (Å²) in [5.74, 6) is -0.467. The summed E-state index contributed by atoms with van der Waals surface area (Å²) in [5.41, 5.74) is 0.820. The lowest BCUT2D eigenvalue weighted by Gasteiger charge is -2.10. The molecule has 0 bridgehead atoms.